The maximum Gasteiger partial charge on any atom is 0.345 e. The standard InChI is InChI=1S/C9H8N2O2S/c1-2-3-6-8-7(4-5-14(8)13)11-9(12)10-6/h2,4-5H,1,3H2,(H,10,11,12). The molecule has 0 spiro atoms. The Balaban J connectivity index is 2.68. The molecule has 0 amide bonds. The van der Waals surface area contributed by atoms with Crippen LogP contribution in [0, 0.1) is 0 Å². The van der Waals surface area contributed by atoms with Gasteiger partial charge in [-0.05, 0) is 6.08 Å². The summed E-state index contributed by atoms with van der Waals surface area (Å²) in [7, 11) is -1.18. The van der Waals surface area contributed by atoms with E-state index in [-0.39, 0.29) is 0 Å². The van der Waals surface area contributed by atoms with Crippen LogP contribution in [-0.4, -0.2) is 14.2 Å². The van der Waals surface area contributed by atoms with Crippen LogP contribution in [0.5, 0.6) is 0 Å². The number of hydrogen-bond acceptors (Lipinski definition) is 3. The fourth-order valence-electron chi connectivity index (χ4n) is 1.35. The van der Waals surface area contributed by atoms with Crippen LogP contribution in [0.1, 0.15) is 11.4 Å². The summed E-state index contributed by atoms with van der Waals surface area (Å²) >= 11 is 0. The average Bonchev–Trinajstić information content (AvgIpc) is 2.48. The maximum absolute atomic E-state index is 11.5. The second kappa shape index (κ2) is 3.34. The van der Waals surface area contributed by atoms with Gasteiger partial charge in [-0.25, -0.2) is 9.00 Å². The molecule has 0 saturated carbocycles. The van der Waals surface area contributed by atoms with Crippen molar-refractivity contribution in [3.05, 3.63) is 39.9 Å². The van der Waals surface area contributed by atoms with E-state index in [1.807, 2.05) is 0 Å². The summed E-state index contributed by atoms with van der Waals surface area (Å²) in [6.45, 7) is 3.57. The van der Waals surface area contributed by atoms with Crippen LogP contribution in [0.15, 0.2) is 27.8 Å². The van der Waals surface area contributed by atoms with E-state index < -0.39 is 16.5 Å². The van der Waals surface area contributed by atoms with Gasteiger partial charge in [-0.1, -0.05) is 6.08 Å². The number of nitrogens with zero attached hydrogens (tertiary/aromatic N) is 1. The molecule has 0 bridgehead atoms. The van der Waals surface area contributed by atoms with Gasteiger partial charge >= 0.3 is 5.69 Å². The Bertz CT molecular complexity index is 502. The smallest absolute Gasteiger partial charge is 0.308 e. The van der Waals surface area contributed by atoms with Crippen LogP contribution in [0.25, 0.3) is 6.08 Å². The van der Waals surface area contributed by atoms with Gasteiger partial charge in [0.25, 0.3) is 0 Å². The predicted molar refractivity (Wildman–Crippen MR) is 54.2 cm³/mol. The van der Waals surface area contributed by atoms with Crippen molar-refractivity contribution >= 4 is 16.9 Å². The molecule has 0 aliphatic carbocycles. The number of fused-ring (bicyclic) bond motifs is 1. The number of aromatic amines is 1. The summed E-state index contributed by atoms with van der Waals surface area (Å²) in [5.41, 5.74) is 0.728. The molecular weight excluding hydrogens is 200 g/mol. The molecule has 2 heterocycles. The van der Waals surface area contributed by atoms with Crippen LogP contribution >= 0.6 is 0 Å². The van der Waals surface area contributed by atoms with E-state index in [4.69, 9.17) is 0 Å². The Morgan fingerprint density at radius 3 is 3.14 bits per heavy atom. The first-order chi connectivity index (χ1) is 6.72. The Kier molecular flexibility index (Phi) is 2.17. The van der Waals surface area contributed by atoms with Crippen molar-refractivity contribution in [3.8, 4) is 0 Å². The van der Waals surface area contributed by atoms with Gasteiger partial charge in [0, 0.05) is 17.5 Å². The predicted octanol–water partition coefficient (Wildman–Crippen LogP) is 0.590. The molecule has 1 aromatic rings. The first kappa shape index (κ1) is 9.08. The molecule has 72 valence electrons. The van der Waals surface area contributed by atoms with E-state index in [1.54, 1.807) is 12.2 Å². The number of allylic oxidation sites excluding steroid dienone is 1. The third-order valence-corrected chi connectivity index (χ3v) is 3.13. The van der Waals surface area contributed by atoms with E-state index in [0.29, 0.717) is 22.7 Å². The fraction of sp³-hybridized carbons (Fsp3) is 0.111. The van der Waals surface area contributed by atoms with Crippen molar-refractivity contribution in [1.29, 1.82) is 0 Å². The van der Waals surface area contributed by atoms with E-state index in [1.165, 1.54) is 5.41 Å². The summed E-state index contributed by atoms with van der Waals surface area (Å²) in [6.07, 6.45) is 3.75. The zero-order chi connectivity index (χ0) is 10.1. The van der Waals surface area contributed by atoms with Crippen molar-refractivity contribution in [2.24, 2.45) is 0 Å². The zero-order valence-corrected chi connectivity index (χ0v) is 8.13. The van der Waals surface area contributed by atoms with Gasteiger partial charge in [-0.3, -0.25) is 0 Å². The molecule has 5 heteroatoms. The lowest BCUT2D eigenvalue weighted by Gasteiger charge is -2.02. The van der Waals surface area contributed by atoms with Crippen LogP contribution in [0.2, 0.25) is 0 Å². The number of nitrogens with one attached hydrogen (secondary N) is 1. The quantitative estimate of drug-likeness (QED) is 0.723. The number of H-pyrrole nitrogens is 1. The summed E-state index contributed by atoms with van der Waals surface area (Å²) in [6, 6.07) is 0. The summed E-state index contributed by atoms with van der Waals surface area (Å²) in [5, 5.41) is 1.53. The van der Waals surface area contributed by atoms with Gasteiger partial charge in [-0.15, -0.1) is 6.58 Å². The number of rotatable bonds is 2. The minimum Gasteiger partial charge on any atom is -0.308 e. The molecule has 0 fully saturated rings. The highest BCUT2D eigenvalue weighted by Gasteiger charge is 2.18. The molecule has 1 unspecified atom stereocenters. The van der Waals surface area contributed by atoms with Crippen molar-refractivity contribution in [2.45, 2.75) is 11.3 Å². The number of aromatic nitrogens is 2. The lowest BCUT2D eigenvalue weighted by Crippen LogP contribution is -2.16. The van der Waals surface area contributed by atoms with Crippen molar-refractivity contribution in [3.63, 3.8) is 0 Å². The van der Waals surface area contributed by atoms with Crippen LogP contribution in [0.3, 0.4) is 0 Å². The van der Waals surface area contributed by atoms with E-state index in [0.717, 1.165) is 0 Å². The fourth-order valence-corrected chi connectivity index (χ4v) is 2.43. The van der Waals surface area contributed by atoms with Crippen molar-refractivity contribution in [2.75, 3.05) is 0 Å². The monoisotopic (exact) mass is 208 g/mol. The Labute approximate surface area is 82.8 Å². The molecule has 14 heavy (non-hydrogen) atoms. The molecular formula is C9H8N2O2S. The van der Waals surface area contributed by atoms with Crippen molar-refractivity contribution < 1.29 is 4.21 Å². The molecule has 0 aromatic carbocycles. The molecule has 1 N–H and O–H groups in total. The molecule has 1 aromatic heterocycles. The van der Waals surface area contributed by atoms with Gasteiger partial charge < -0.3 is 4.98 Å². The second-order valence-corrected chi connectivity index (χ2v) is 4.10. The Morgan fingerprint density at radius 1 is 1.64 bits per heavy atom. The molecule has 2 rings (SSSR count). The van der Waals surface area contributed by atoms with Crippen LogP contribution < -0.4 is 5.69 Å². The van der Waals surface area contributed by atoms with E-state index in [2.05, 4.69) is 16.5 Å². The normalized spacial score (nSPS) is 18.1. The van der Waals surface area contributed by atoms with E-state index >= 15 is 0 Å². The first-order valence-electron chi connectivity index (χ1n) is 4.05. The first-order valence-corrected chi connectivity index (χ1v) is 5.26. The highest BCUT2D eigenvalue weighted by Crippen LogP contribution is 2.23. The molecule has 1 aliphatic rings. The average molecular weight is 208 g/mol. The lowest BCUT2D eigenvalue weighted by molar-refractivity contribution is 0.687. The summed E-state index contributed by atoms with van der Waals surface area (Å²) in [4.78, 5) is 18.0. The van der Waals surface area contributed by atoms with Crippen LogP contribution in [-0.2, 0) is 17.2 Å². The second-order valence-electron chi connectivity index (χ2n) is 2.83. The minimum atomic E-state index is -1.18. The minimum absolute atomic E-state index is 0.413. The van der Waals surface area contributed by atoms with Gasteiger partial charge in [0.2, 0.25) is 0 Å². The van der Waals surface area contributed by atoms with Crippen molar-refractivity contribution in [1.82, 2.24) is 9.97 Å². The lowest BCUT2D eigenvalue weighted by atomic mass is 10.2. The molecule has 1 atom stereocenters. The number of hydrogen-bond donors (Lipinski definition) is 1. The van der Waals surface area contributed by atoms with Crippen LogP contribution in [0.4, 0.5) is 0 Å². The Morgan fingerprint density at radius 2 is 2.43 bits per heavy atom. The zero-order valence-electron chi connectivity index (χ0n) is 7.32. The third kappa shape index (κ3) is 1.35. The highest BCUT2D eigenvalue weighted by atomic mass is 32.2. The SMILES string of the molecule is C=CCc1[nH]c(=O)nc2c1S(=O)C=C2. The third-order valence-electron chi connectivity index (χ3n) is 1.89. The maximum atomic E-state index is 11.5. The summed E-state index contributed by atoms with van der Waals surface area (Å²) < 4.78 is 11.5. The summed E-state index contributed by atoms with van der Waals surface area (Å²) in [5.74, 6) is 0. The molecule has 0 saturated heterocycles. The molecule has 0 radical (unpaired) electrons. The van der Waals surface area contributed by atoms with Gasteiger partial charge in [0.1, 0.15) is 0 Å². The highest BCUT2D eigenvalue weighted by molar-refractivity contribution is 7.88. The largest absolute Gasteiger partial charge is 0.345 e. The molecule has 1 aliphatic heterocycles. The molecule has 4 nitrogen and oxygen atoms in total. The van der Waals surface area contributed by atoms with Gasteiger partial charge in [-0.2, -0.15) is 4.98 Å². The van der Waals surface area contributed by atoms with E-state index in [9.17, 15) is 9.00 Å². The van der Waals surface area contributed by atoms with Gasteiger partial charge in [0.15, 0.2) is 0 Å². The van der Waals surface area contributed by atoms with Gasteiger partial charge in [0.05, 0.1) is 21.4 Å². The Hall–Kier alpha value is -1.49. The topological polar surface area (TPSA) is 62.8 Å².